The molecule has 0 atom stereocenters. The van der Waals surface area contributed by atoms with E-state index in [-0.39, 0.29) is 6.61 Å². The van der Waals surface area contributed by atoms with Gasteiger partial charge in [0.2, 0.25) is 0 Å². The predicted octanol–water partition coefficient (Wildman–Crippen LogP) is 4.96. The largest absolute Gasteiger partial charge is 0.391 e. The fraction of sp³-hybridized carbons (Fsp3) is 0.0625. The molecule has 0 fully saturated rings. The number of aliphatic hydroxyl groups is 1. The minimum atomic E-state index is 0.0299. The van der Waals surface area contributed by atoms with E-state index in [1.54, 1.807) is 29.5 Å². The second-order valence-electron chi connectivity index (χ2n) is 4.88. The van der Waals surface area contributed by atoms with Crippen molar-refractivity contribution in [3.05, 3.63) is 52.9 Å². The average Bonchev–Trinajstić information content (AvgIpc) is 3.31. The van der Waals surface area contributed by atoms with E-state index in [0.717, 1.165) is 32.2 Å². The molecule has 0 saturated heterocycles. The Morgan fingerprint density at radius 3 is 3.00 bits per heavy atom. The van der Waals surface area contributed by atoms with Crippen molar-refractivity contribution in [2.24, 2.45) is 0 Å². The molecule has 4 rings (SSSR count). The molecule has 23 heavy (non-hydrogen) atoms. The van der Waals surface area contributed by atoms with E-state index in [9.17, 15) is 5.11 Å². The Labute approximate surface area is 145 Å². The number of nitrogens with one attached hydrogen (secondary N) is 2. The van der Waals surface area contributed by atoms with Crippen LogP contribution in [0, 0.1) is 0 Å². The molecule has 0 saturated carbocycles. The maximum Gasteiger partial charge on any atom is 0.139 e. The summed E-state index contributed by atoms with van der Waals surface area (Å²) in [6.45, 7) is 0.0299. The van der Waals surface area contributed by atoms with Gasteiger partial charge in [0.1, 0.15) is 5.01 Å². The van der Waals surface area contributed by atoms with Gasteiger partial charge < -0.3 is 14.8 Å². The van der Waals surface area contributed by atoms with Gasteiger partial charge in [-0.15, -0.1) is 22.7 Å². The Hall–Kier alpha value is -1.80. The summed E-state index contributed by atoms with van der Waals surface area (Å²) in [6.07, 6.45) is 1.72. The van der Waals surface area contributed by atoms with Crippen LogP contribution in [0.4, 0.5) is 5.69 Å². The molecule has 3 heterocycles. The summed E-state index contributed by atoms with van der Waals surface area (Å²) in [7, 11) is 0. The monoisotopic (exact) mass is 359 g/mol. The number of thiophene rings is 1. The van der Waals surface area contributed by atoms with Crippen LogP contribution < -0.4 is 4.72 Å². The minimum Gasteiger partial charge on any atom is -0.391 e. The molecule has 4 nitrogen and oxygen atoms in total. The zero-order chi connectivity index (χ0) is 15.6. The summed E-state index contributed by atoms with van der Waals surface area (Å²) < 4.78 is 4.63. The molecule has 7 heteroatoms. The first-order valence-corrected chi connectivity index (χ1v) is 9.49. The highest BCUT2D eigenvalue weighted by Crippen LogP contribution is 2.33. The second kappa shape index (κ2) is 6.37. The van der Waals surface area contributed by atoms with Crippen molar-refractivity contribution >= 4 is 51.2 Å². The summed E-state index contributed by atoms with van der Waals surface area (Å²) in [5, 5.41) is 13.3. The van der Waals surface area contributed by atoms with Crippen LogP contribution in [0.5, 0.6) is 0 Å². The van der Waals surface area contributed by atoms with Crippen molar-refractivity contribution in [1.29, 1.82) is 0 Å². The molecule has 1 aromatic carbocycles. The van der Waals surface area contributed by atoms with Crippen LogP contribution >= 0.6 is 34.6 Å². The molecule has 0 bridgehead atoms. The fourth-order valence-corrected chi connectivity index (χ4v) is 4.49. The van der Waals surface area contributed by atoms with E-state index in [1.807, 2.05) is 12.1 Å². The van der Waals surface area contributed by atoms with Crippen LogP contribution in [0.1, 0.15) is 4.88 Å². The smallest absolute Gasteiger partial charge is 0.139 e. The number of rotatable bonds is 5. The van der Waals surface area contributed by atoms with Crippen LogP contribution in [0.3, 0.4) is 0 Å². The highest BCUT2D eigenvalue weighted by Gasteiger charge is 2.10. The van der Waals surface area contributed by atoms with E-state index in [2.05, 4.69) is 44.3 Å². The molecule has 3 aromatic heterocycles. The molecule has 0 aliphatic rings. The Morgan fingerprint density at radius 2 is 2.22 bits per heavy atom. The van der Waals surface area contributed by atoms with Crippen LogP contribution in [-0.2, 0) is 6.61 Å². The Balaban J connectivity index is 1.66. The number of hydrogen-bond donors (Lipinski definition) is 3. The van der Waals surface area contributed by atoms with Crippen molar-refractivity contribution in [2.75, 3.05) is 4.72 Å². The van der Waals surface area contributed by atoms with Gasteiger partial charge in [0.25, 0.3) is 0 Å². The summed E-state index contributed by atoms with van der Waals surface area (Å²) in [6, 6.07) is 12.4. The van der Waals surface area contributed by atoms with Crippen molar-refractivity contribution < 1.29 is 5.11 Å². The van der Waals surface area contributed by atoms with Gasteiger partial charge in [-0.2, -0.15) is 0 Å². The zero-order valence-electron chi connectivity index (χ0n) is 11.9. The lowest BCUT2D eigenvalue weighted by Gasteiger charge is -2.04. The molecule has 0 radical (unpaired) electrons. The Morgan fingerprint density at radius 1 is 1.26 bits per heavy atom. The standard InChI is InChI=1S/C16H13N3OS3/c20-9-11-8-17-16(22-11)13-7-10-3-1-4-12(15(10)18-13)19-23-14-5-2-6-21-14/h1-8,18-20H,9H2. The number of aromatic nitrogens is 2. The van der Waals surface area contributed by atoms with Gasteiger partial charge in [0.05, 0.1) is 32.6 Å². The first-order chi connectivity index (χ1) is 11.3. The number of fused-ring (bicyclic) bond motifs is 1. The average molecular weight is 360 g/mol. The highest BCUT2D eigenvalue weighted by molar-refractivity contribution is 8.02. The SMILES string of the molecule is OCc1cnc(-c2cc3cccc(NSc4cccs4)c3[nH]2)s1. The Kier molecular flexibility index (Phi) is 4.09. The molecule has 0 aliphatic heterocycles. The van der Waals surface area contributed by atoms with Crippen molar-refractivity contribution in [3.8, 4) is 10.7 Å². The quantitative estimate of drug-likeness (QED) is 0.441. The predicted molar refractivity (Wildman–Crippen MR) is 99.1 cm³/mol. The van der Waals surface area contributed by atoms with E-state index in [1.165, 1.54) is 15.5 Å². The van der Waals surface area contributed by atoms with Crippen LogP contribution in [0.15, 0.2) is 52.2 Å². The number of thiazole rings is 1. The van der Waals surface area contributed by atoms with Crippen LogP contribution in [-0.4, -0.2) is 15.1 Å². The number of aliphatic hydroxyl groups excluding tert-OH is 1. The van der Waals surface area contributed by atoms with E-state index in [4.69, 9.17) is 0 Å². The highest BCUT2D eigenvalue weighted by atomic mass is 32.2. The number of nitrogens with zero attached hydrogens (tertiary/aromatic N) is 1. The third kappa shape index (κ3) is 3.00. The first-order valence-electron chi connectivity index (χ1n) is 6.97. The number of aromatic amines is 1. The van der Waals surface area contributed by atoms with Crippen molar-refractivity contribution in [2.45, 2.75) is 10.8 Å². The summed E-state index contributed by atoms with van der Waals surface area (Å²) >= 11 is 4.83. The second-order valence-corrected chi connectivity index (χ2v) is 8.05. The van der Waals surface area contributed by atoms with Crippen molar-refractivity contribution in [3.63, 3.8) is 0 Å². The molecule has 0 unspecified atom stereocenters. The number of benzene rings is 1. The van der Waals surface area contributed by atoms with Crippen LogP contribution in [0.2, 0.25) is 0 Å². The van der Waals surface area contributed by atoms with Gasteiger partial charge in [-0.1, -0.05) is 18.2 Å². The fourth-order valence-electron chi connectivity index (χ4n) is 2.29. The normalized spacial score (nSPS) is 11.2. The number of hydrogen-bond acceptors (Lipinski definition) is 6. The third-order valence-electron chi connectivity index (χ3n) is 3.35. The molecule has 0 aliphatic carbocycles. The number of para-hydroxylation sites is 1. The van der Waals surface area contributed by atoms with E-state index in [0.29, 0.717) is 0 Å². The third-order valence-corrected chi connectivity index (χ3v) is 6.23. The van der Waals surface area contributed by atoms with Gasteiger partial charge in [-0.25, -0.2) is 4.98 Å². The number of anilines is 1. The lowest BCUT2D eigenvalue weighted by atomic mass is 10.2. The van der Waals surface area contributed by atoms with E-state index < -0.39 is 0 Å². The van der Waals surface area contributed by atoms with Gasteiger partial charge in [-0.3, -0.25) is 0 Å². The molecule has 0 spiro atoms. The van der Waals surface area contributed by atoms with Crippen molar-refractivity contribution in [1.82, 2.24) is 9.97 Å². The van der Waals surface area contributed by atoms with Gasteiger partial charge in [0.15, 0.2) is 0 Å². The van der Waals surface area contributed by atoms with Gasteiger partial charge in [-0.05, 0) is 35.5 Å². The molecule has 3 N–H and O–H groups in total. The summed E-state index contributed by atoms with van der Waals surface area (Å²) in [5.74, 6) is 0. The lowest BCUT2D eigenvalue weighted by Crippen LogP contribution is -1.86. The Bertz CT molecular complexity index is 927. The first kappa shape index (κ1) is 14.8. The molecule has 116 valence electrons. The van der Waals surface area contributed by atoms with Gasteiger partial charge >= 0.3 is 0 Å². The molecular formula is C16H13N3OS3. The summed E-state index contributed by atoms with van der Waals surface area (Å²) in [4.78, 5) is 8.68. The summed E-state index contributed by atoms with van der Waals surface area (Å²) in [5.41, 5.74) is 3.08. The van der Waals surface area contributed by atoms with Gasteiger partial charge in [0, 0.05) is 11.6 Å². The number of H-pyrrole nitrogens is 1. The van der Waals surface area contributed by atoms with E-state index >= 15 is 0 Å². The lowest BCUT2D eigenvalue weighted by molar-refractivity contribution is 0.285. The topological polar surface area (TPSA) is 60.9 Å². The zero-order valence-corrected chi connectivity index (χ0v) is 14.4. The van der Waals surface area contributed by atoms with Crippen LogP contribution in [0.25, 0.3) is 21.6 Å². The maximum absolute atomic E-state index is 9.19. The molecule has 0 amide bonds. The minimum absolute atomic E-state index is 0.0299. The molecule has 4 aromatic rings. The maximum atomic E-state index is 9.19. The molecular weight excluding hydrogens is 346 g/mol.